The van der Waals surface area contributed by atoms with Crippen LogP contribution in [0.5, 0.6) is 0 Å². The minimum absolute atomic E-state index is 0.255. The van der Waals surface area contributed by atoms with Crippen molar-refractivity contribution >= 4 is 39.9 Å². The molecule has 1 heterocycles. The monoisotopic (exact) mass is 273 g/mol. The fourth-order valence-corrected chi connectivity index (χ4v) is 3.07. The first-order valence-electron chi connectivity index (χ1n) is 5.11. The molecule has 1 atom stereocenters. The standard InChI is InChI=1S/C12H13Cl2NS/c1-11(2)12(14,8-15(11)10(13)16)9-6-4-3-5-7-9/h3-7H,8H2,1-2H3. The summed E-state index contributed by atoms with van der Waals surface area (Å²) in [6.07, 6.45) is 0. The molecule has 16 heavy (non-hydrogen) atoms. The van der Waals surface area contributed by atoms with E-state index in [2.05, 4.69) is 13.8 Å². The molecule has 0 bridgehead atoms. The van der Waals surface area contributed by atoms with Gasteiger partial charge < -0.3 is 4.90 Å². The van der Waals surface area contributed by atoms with Gasteiger partial charge in [0.05, 0.1) is 5.54 Å². The number of likely N-dealkylation sites (tertiary alicyclic amines) is 1. The molecule has 1 nitrogen and oxygen atoms in total. The van der Waals surface area contributed by atoms with Crippen LogP contribution < -0.4 is 0 Å². The summed E-state index contributed by atoms with van der Waals surface area (Å²) in [4.78, 5) is 1.54. The van der Waals surface area contributed by atoms with E-state index in [1.807, 2.05) is 35.2 Å². The Hall–Kier alpha value is -0.310. The highest BCUT2D eigenvalue weighted by Crippen LogP contribution is 2.52. The zero-order valence-corrected chi connectivity index (χ0v) is 11.5. The molecule has 4 heteroatoms. The fraction of sp³-hybridized carbons (Fsp3) is 0.417. The van der Waals surface area contributed by atoms with E-state index in [0.717, 1.165) is 5.56 Å². The van der Waals surface area contributed by atoms with Gasteiger partial charge in [0, 0.05) is 6.54 Å². The zero-order valence-electron chi connectivity index (χ0n) is 9.21. The SMILES string of the molecule is CC1(C)N(C(=S)Cl)CC1(Cl)c1ccccc1. The number of rotatable bonds is 1. The van der Waals surface area contributed by atoms with Crippen LogP contribution in [0.1, 0.15) is 19.4 Å². The number of hydrogen-bond donors (Lipinski definition) is 0. The van der Waals surface area contributed by atoms with Crippen LogP contribution in [0.2, 0.25) is 0 Å². The van der Waals surface area contributed by atoms with Gasteiger partial charge in [-0.05, 0) is 31.6 Å². The first kappa shape index (κ1) is 12.2. The van der Waals surface area contributed by atoms with Crippen molar-refractivity contribution in [3.05, 3.63) is 35.9 Å². The molecule has 0 spiro atoms. The van der Waals surface area contributed by atoms with Crippen LogP contribution in [0.4, 0.5) is 0 Å². The maximum absolute atomic E-state index is 6.70. The van der Waals surface area contributed by atoms with Crippen molar-refractivity contribution in [1.82, 2.24) is 4.90 Å². The molecule has 86 valence electrons. The fourth-order valence-electron chi connectivity index (χ4n) is 2.16. The third kappa shape index (κ3) is 1.55. The molecule has 1 saturated heterocycles. The van der Waals surface area contributed by atoms with Crippen molar-refractivity contribution in [2.45, 2.75) is 24.3 Å². The summed E-state index contributed by atoms with van der Waals surface area (Å²) in [5, 5.41) is 0. The van der Waals surface area contributed by atoms with E-state index in [1.165, 1.54) is 0 Å². The number of halogens is 2. The Labute approximate surface area is 111 Å². The largest absolute Gasteiger partial charge is 0.344 e. The van der Waals surface area contributed by atoms with Gasteiger partial charge in [-0.2, -0.15) is 0 Å². The molecule has 0 amide bonds. The van der Waals surface area contributed by atoms with E-state index in [4.69, 9.17) is 35.4 Å². The van der Waals surface area contributed by atoms with E-state index in [1.54, 1.807) is 0 Å². The minimum Gasteiger partial charge on any atom is -0.344 e. The Balaban J connectivity index is 2.34. The zero-order chi connectivity index (χ0) is 12.0. The lowest BCUT2D eigenvalue weighted by Gasteiger charge is -2.61. The van der Waals surface area contributed by atoms with Gasteiger partial charge >= 0.3 is 0 Å². The summed E-state index contributed by atoms with van der Waals surface area (Å²) in [6, 6.07) is 10.1. The summed E-state index contributed by atoms with van der Waals surface area (Å²) >= 11 is 17.6. The van der Waals surface area contributed by atoms with E-state index in [9.17, 15) is 0 Å². The van der Waals surface area contributed by atoms with Crippen molar-refractivity contribution in [3.63, 3.8) is 0 Å². The second kappa shape index (κ2) is 3.86. The number of hydrogen-bond acceptors (Lipinski definition) is 1. The molecule has 0 N–H and O–H groups in total. The van der Waals surface area contributed by atoms with Crippen LogP contribution in [0.25, 0.3) is 0 Å². The first-order chi connectivity index (χ1) is 7.39. The second-order valence-corrected chi connectivity index (χ2v) is 6.18. The lowest BCUT2D eigenvalue weighted by molar-refractivity contribution is 0.0330. The van der Waals surface area contributed by atoms with Gasteiger partial charge in [0.25, 0.3) is 0 Å². The highest BCUT2D eigenvalue weighted by atomic mass is 35.5. The molecule has 0 radical (unpaired) electrons. The molecule has 1 aliphatic heterocycles. The van der Waals surface area contributed by atoms with Crippen molar-refractivity contribution in [1.29, 1.82) is 0 Å². The van der Waals surface area contributed by atoms with E-state index in [-0.39, 0.29) is 5.54 Å². The van der Waals surface area contributed by atoms with Crippen LogP contribution >= 0.6 is 35.4 Å². The van der Waals surface area contributed by atoms with E-state index < -0.39 is 4.87 Å². The molecular formula is C12H13Cl2NS. The third-order valence-corrected chi connectivity index (χ3v) is 4.69. The predicted molar refractivity (Wildman–Crippen MR) is 73.2 cm³/mol. The Kier molecular flexibility index (Phi) is 2.94. The average molecular weight is 274 g/mol. The number of thiocarbonyl (C=S) groups is 1. The van der Waals surface area contributed by atoms with Crippen molar-refractivity contribution < 1.29 is 0 Å². The summed E-state index contributed by atoms with van der Waals surface area (Å²) in [5.41, 5.74) is 0.861. The molecule has 1 aliphatic rings. The highest BCUT2D eigenvalue weighted by Gasteiger charge is 2.59. The van der Waals surface area contributed by atoms with Crippen molar-refractivity contribution in [2.75, 3.05) is 6.54 Å². The van der Waals surface area contributed by atoms with Crippen LogP contribution in [-0.2, 0) is 4.87 Å². The molecule has 1 unspecified atom stereocenters. The van der Waals surface area contributed by atoms with Crippen molar-refractivity contribution in [2.24, 2.45) is 0 Å². The molecular weight excluding hydrogens is 261 g/mol. The quantitative estimate of drug-likeness (QED) is 0.332. The lowest BCUT2D eigenvalue weighted by atomic mass is 9.72. The summed E-state index contributed by atoms with van der Waals surface area (Å²) in [7, 11) is 0. The summed E-state index contributed by atoms with van der Waals surface area (Å²) in [6.45, 7) is 4.78. The van der Waals surface area contributed by atoms with Crippen molar-refractivity contribution in [3.8, 4) is 0 Å². The number of nitrogens with zero attached hydrogens (tertiary/aromatic N) is 1. The first-order valence-corrected chi connectivity index (χ1v) is 6.27. The van der Waals surface area contributed by atoms with Gasteiger partial charge in [-0.15, -0.1) is 11.6 Å². The summed E-state index contributed by atoms with van der Waals surface area (Å²) in [5.74, 6) is 0. The van der Waals surface area contributed by atoms with Crippen LogP contribution in [0.15, 0.2) is 30.3 Å². The molecule has 2 rings (SSSR count). The molecule has 0 aromatic heterocycles. The van der Waals surface area contributed by atoms with Crippen LogP contribution in [0.3, 0.4) is 0 Å². The number of benzene rings is 1. The molecule has 1 aromatic rings. The molecule has 1 fully saturated rings. The third-order valence-electron chi connectivity index (χ3n) is 3.46. The van der Waals surface area contributed by atoms with Gasteiger partial charge in [0.2, 0.25) is 0 Å². The van der Waals surface area contributed by atoms with Gasteiger partial charge in [-0.1, -0.05) is 41.9 Å². The van der Waals surface area contributed by atoms with Crippen LogP contribution in [0, 0.1) is 0 Å². The van der Waals surface area contributed by atoms with Gasteiger partial charge in [0.1, 0.15) is 4.87 Å². The average Bonchev–Trinajstić information content (AvgIpc) is 2.26. The predicted octanol–water partition coefficient (Wildman–Crippen LogP) is 3.74. The Morgan fingerprint density at radius 3 is 2.31 bits per heavy atom. The lowest BCUT2D eigenvalue weighted by Crippen LogP contribution is -2.72. The topological polar surface area (TPSA) is 3.24 Å². The molecule has 1 aromatic carbocycles. The van der Waals surface area contributed by atoms with Gasteiger partial charge in [-0.3, -0.25) is 0 Å². The smallest absolute Gasteiger partial charge is 0.170 e. The van der Waals surface area contributed by atoms with Crippen LogP contribution in [-0.4, -0.2) is 21.4 Å². The van der Waals surface area contributed by atoms with E-state index >= 15 is 0 Å². The Morgan fingerprint density at radius 2 is 1.88 bits per heavy atom. The number of alkyl halides is 1. The molecule has 0 aliphatic carbocycles. The van der Waals surface area contributed by atoms with Gasteiger partial charge in [-0.25, -0.2) is 0 Å². The normalized spacial score (nSPS) is 27.4. The van der Waals surface area contributed by atoms with E-state index in [0.29, 0.717) is 11.0 Å². The summed E-state index contributed by atoms with van der Waals surface area (Å²) < 4.78 is 0.386. The maximum atomic E-state index is 6.70. The Morgan fingerprint density at radius 1 is 1.31 bits per heavy atom. The molecule has 0 saturated carbocycles. The second-order valence-electron chi connectivity index (χ2n) is 4.57. The minimum atomic E-state index is -0.410. The van der Waals surface area contributed by atoms with Gasteiger partial charge in [0.15, 0.2) is 4.45 Å². The Bertz CT molecular complexity index is 418. The highest BCUT2D eigenvalue weighted by molar-refractivity contribution is 7.83. The maximum Gasteiger partial charge on any atom is 0.170 e.